The van der Waals surface area contributed by atoms with Gasteiger partial charge in [-0.25, -0.2) is 12.8 Å². The van der Waals surface area contributed by atoms with Crippen LogP contribution in [0.1, 0.15) is 18.4 Å². The van der Waals surface area contributed by atoms with Gasteiger partial charge in [-0.3, -0.25) is 4.79 Å². The van der Waals surface area contributed by atoms with Crippen LogP contribution in [0.15, 0.2) is 23.1 Å². The summed E-state index contributed by atoms with van der Waals surface area (Å²) in [7, 11) is -3.55. The van der Waals surface area contributed by atoms with Gasteiger partial charge in [0.2, 0.25) is 0 Å². The second-order valence-electron chi connectivity index (χ2n) is 3.78. The highest BCUT2D eigenvalue weighted by Gasteiger charge is 2.13. The summed E-state index contributed by atoms with van der Waals surface area (Å²) in [6.07, 6.45) is 1.76. The monoisotopic (exact) mass is 260 g/mol. The molecule has 0 spiro atoms. The third kappa shape index (κ3) is 4.14. The molecule has 0 atom stereocenters. The maximum atomic E-state index is 13.4. The van der Waals surface area contributed by atoms with E-state index in [1.165, 1.54) is 12.1 Å². The minimum Gasteiger partial charge on any atom is -0.481 e. The van der Waals surface area contributed by atoms with Crippen LogP contribution in [-0.4, -0.2) is 25.7 Å². The van der Waals surface area contributed by atoms with E-state index in [-0.39, 0.29) is 11.3 Å². The Bertz CT molecular complexity index is 522. The maximum Gasteiger partial charge on any atom is 0.303 e. The van der Waals surface area contributed by atoms with Crippen LogP contribution >= 0.6 is 0 Å². The number of carboxylic acid groups (broad SMARTS) is 1. The van der Waals surface area contributed by atoms with Gasteiger partial charge >= 0.3 is 5.97 Å². The van der Waals surface area contributed by atoms with Gasteiger partial charge in [0.05, 0.1) is 0 Å². The molecule has 1 aromatic carbocycles. The van der Waals surface area contributed by atoms with Crippen molar-refractivity contribution in [1.29, 1.82) is 0 Å². The Labute approximate surface area is 99.0 Å². The molecule has 6 heteroatoms. The lowest BCUT2D eigenvalue weighted by Crippen LogP contribution is -2.02. The van der Waals surface area contributed by atoms with Crippen LogP contribution in [0, 0.1) is 5.82 Å². The van der Waals surface area contributed by atoms with E-state index in [1.54, 1.807) is 0 Å². The van der Waals surface area contributed by atoms with Gasteiger partial charge in [0.25, 0.3) is 0 Å². The van der Waals surface area contributed by atoms with Gasteiger partial charge in [0.1, 0.15) is 10.7 Å². The minimum absolute atomic E-state index is 0.00937. The Morgan fingerprint density at radius 1 is 1.41 bits per heavy atom. The SMILES string of the molecule is CS(=O)(=O)c1ccc(CCCC(=O)O)cc1F. The summed E-state index contributed by atoms with van der Waals surface area (Å²) in [4.78, 5) is 9.95. The van der Waals surface area contributed by atoms with Crippen molar-refractivity contribution in [2.75, 3.05) is 6.26 Å². The minimum atomic E-state index is -3.55. The Balaban J connectivity index is 2.79. The van der Waals surface area contributed by atoms with Crippen molar-refractivity contribution in [3.05, 3.63) is 29.6 Å². The predicted molar refractivity (Wildman–Crippen MR) is 60.1 cm³/mol. The molecule has 0 radical (unpaired) electrons. The first-order valence-corrected chi connectivity index (χ1v) is 6.90. The van der Waals surface area contributed by atoms with E-state index in [2.05, 4.69) is 0 Å². The smallest absolute Gasteiger partial charge is 0.303 e. The Kier molecular flexibility index (Phi) is 4.22. The van der Waals surface area contributed by atoms with Crippen LogP contribution in [0.5, 0.6) is 0 Å². The molecule has 0 heterocycles. The largest absolute Gasteiger partial charge is 0.481 e. The zero-order valence-electron chi connectivity index (χ0n) is 9.31. The van der Waals surface area contributed by atoms with Crippen molar-refractivity contribution in [2.45, 2.75) is 24.2 Å². The lowest BCUT2D eigenvalue weighted by molar-refractivity contribution is -0.137. The molecule has 0 aliphatic carbocycles. The van der Waals surface area contributed by atoms with E-state index in [0.717, 1.165) is 12.3 Å². The lowest BCUT2D eigenvalue weighted by Gasteiger charge is -2.04. The number of hydrogen-bond acceptors (Lipinski definition) is 3. The number of sulfone groups is 1. The number of hydrogen-bond donors (Lipinski definition) is 1. The van der Waals surface area contributed by atoms with Crippen LogP contribution < -0.4 is 0 Å². The van der Waals surface area contributed by atoms with E-state index in [1.807, 2.05) is 0 Å². The molecule has 0 amide bonds. The molecule has 0 aliphatic rings. The Hall–Kier alpha value is -1.43. The average Bonchev–Trinajstić information content (AvgIpc) is 2.14. The topological polar surface area (TPSA) is 71.4 Å². The highest BCUT2D eigenvalue weighted by atomic mass is 32.2. The molecule has 0 fully saturated rings. The van der Waals surface area contributed by atoms with Gasteiger partial charge in [-0.1, -0.05) is 6.07 Å². The summed E-state index contributed by atoms with van der Waals surface area (Å²) in [6.45, 7) is 0. The first-order chi connectivity index (χ1) is 7.80. The first-order valence-electron chi connectivity index (χ1n) is 5.01. The zero-order valence-corrected chi connectivity index (χ0v) is 10.1. The summed E-state index contributed by atoms with van der Waals surface area (Å²) in [5, 5.41) is 8.44. The van der Waals surface area contributed by atoms with Gasteiger partial charge in [-0.2, -0.15) is 0 Å². The van der Waals surface area contributed by atoms with E-state index in [9.17, 15) is 17.6 Å². The molecule has 0 aromatic heterocycles. The predicted octanol–water partition coefficient (Wildman–Crippen LogP) is 1.64. The Morgan fingerprint density at radius 2 is 2.06 bits per heavy atom. The summed E-state index contributed by atoms with van der Waals surface area (Å²) in [6, 6.07) is 3.85. The highest BCUT2D eigenvalue weighted by Crippen LogP contribution is 2.17. The number of benzene rings is 1. The van der Waals surface area contributed by atoms with Crippen molar-refractivity contribution in [3.8, 4) is 0 Å². The fourth-order valence-corrected chi connectivity index (χ4v) is 2.17. The third-order valence-corrected chi connectivity index (χ3v) is 3.38. The molecule has 4 nitrogen and oxygen atoms in total. The molecule has 1 aromatic rings. The average molecular weight is 260 g/mol. The molecule has 0 saturated carbocycles. The van der Waals surface area contributed by atoms with Crippen LogP contribution in [-0.2, 0) is 21.1 Å². The van der Waals surface area contributed by atoms with Crippen molar-refractivity contribution in [2.24, 2.45) is 0 Å². The molecule has 1 rings (SSSR count). The van der Waals surface area contributed by atoms with Gasteiger partial charge in [0, 0.05) is 12.7 Å². The molecule has 94 valence electrons. The first kappa shape index (κ1) is 13.6. The fraction of sp³-hybridized carbons (Fsp3) is 0.364. The van der Waals surface area contributed by atoms with Crippen molar-refractivity contribution in [1.82, 2.24) is 0 Å². The standard InChI is InChI=1S/C11H13FO4S/c1-17(15,16)10-6-5-8(7-9(10)12)3-2-4-11(13)14/h5-7H,2-4H2,1H3,(H,13,14). The molecule has 1 N–H and O–H groups in total. The number of aliphatic carboxylic acids is 1. The molecule has 17 heavy (non-hydrogen) atoms. The quantitative estimate of drug-likeness (QED) is 0.873. The normalized spacial score (nSPS) is 11.4. The van der Waals surface area contributed by atoms with Gasteiger partial charge in [-0.05, 0) is 30.5 Å². The van der Waals surface area contributed by atoms with Crippen LogP contribution in [0.25, 0.3) is 0 Å². The zero-order chi connectivity index (χ0) is 13.1. The Morgan fingerprint density at radius 3 is 2.53 bits per heavy atom. The summed E-state index contributed by atoms with van der Waals surface area (Å²) in [5.41, 5.74) is 0.594. The van der Waals surface area contributed by atoms with E-state index in [4.69, 9.17) is 5.11 Å². The molecule has 0 bridgehead atoms. The number of halogens is 1. The van der Waals surface area contributed by atoms with Gasteiger partial charge in [0.15, 0.2) is 9.84 Å². The molecule has 0 unspecified atom stereocenters. The second kappa shape index (κ2) is 5.27. The van der Waals surface area contributed by atoms with Gasteiger partial charge in [-0.15, -0.1) is 0 Å². The molecule has 0 saturated heterocycles. The van der Waals surface area contributed by atoms with Crippen molar-refractivity contribution < 1.29 is 22.7 Å². The number of carboxylic acids is 1. The van der Waals surface area contributed by atoms with Crippen molar-refractivity contribution >= 4 is 15.8 Å². The van der Waals surface area contributed by atoms with Crippen LogP contribution in [0.2, 0.25) is 0 Å². The van der Waals surface area contributed by atoms with E-state index >= 15 is 0 Å². The second-order valence-corrected chi connectivity index (χ2v) is 5.77. The summed E-state index contributed by atoms with van der Waals surface area (Å²) in [5.74, 6) is -1.70. The molecular formula is C11H13FO4S. The fourth-order valence-electron chi connectivity index (χ4n) is 1.44. The highest BCUT2D eigenvalue weighted by molar-refractivity contribution is 7.90. The maximum absolute atomic E-state index is 13.4. The summed E-state index contributed by atoms with van der Waals surface area (Å²) >= 11 is 0. The molecular weight excluding hydrogens is 247 g/mol. The number of aryl methyl sites for hydroxylation is 1. The van der Waals surface area contributed by atoms with Crippen LogP contribution in [0.3, 0.4) is 0 Å². The van der Waals surface area contributed by atoms with E-state index in [0.29, 0.717) is 18.4 Å². The van der Waals surface area contributed by atoms with Crippen LogP contribution in [0.4, 0.5) is 4.39 Å². The van der Waals surface area contributed by atoms with Gasteiger partial charge < -0.3 is 5.11 Å². The number of rotatable bonds is 5. The number of carbonyl (C=O) groups is 1. The van der Waals surface area contributed by atoms with Crippen molar-refractivity contribution in [3.63, 3.8) is 0 Å². The molecule has 0 aliphatic heterocycles. The summed E-state index contributed by atoms with van der Waals surface area (Å²) < 4.78 is 35.7. The third-order valence-electron chi connectivity index (χ3n) is 2.25. The van der Waals surface area contributed by atoms with E-state index < -0.39 is 21.6 Å². The lowest BCUT2D eigenvalue weighted by atomic mass is 10.1.